The minimum absolute atomic E-state index is 0. The van der Waals surface area contributed by atoms with Crippen molar-refractivity contribution in [3.8, 4) is 5.75 Å². The van der Waals surface area contributed by atoms with E-state index in [4.69, 9.17) is 0 Å². The van der Waals surface area contributed by atoms with E-state index in [0.29, 0.717) is 5.75 Å². The molecule has 1 N–H and O–H groups in total. The Balaban J connectivity index is -0.000000625. The fraction of sp³-hybridized carbons (Fsp3) is 0.522. The van der Waals surface area contributed by atoms with E-state index in [0.717, 1.165) is 32.1 Å². The van der Waals surface area contributed by atoms with Gasteiger partial charge in [0.15, 0.2) is 0 Å². The van der Waals surface area contributed by atoms with Crippen molar-refractivity contribution >= 4 is 0 Å². The van der Waals surface area contributed by atoms with Gasteiger partial charge in [0.2, 0.25) is 0 Å². The molecule has 0 fully saturated rings. The van der Waals surface area contributed by atoms with E-state index < -0.39 is 0 Å². The third-order valence-electron chi connectivity index (χ3n) is 4.30. The number of phenols is 1. The van der Waals surface area contributed by atoms with Crippen LogP contribution in [0.4, 0.5) is 0 Å². The number of benzene rings is 1. The van der Waals surface area contributed by atoms with Gasteiger partial charge >= 0.3 is 21.7 Å². The van der Waals surface area contributed by atoms with Crippen LogP contribution in [0.5, 0.6) is 5.75 Å². The van der Waals surface area contributed by atoms with Gasteiger partial charge in [-0.05, 0) is 55.2 Å². The number of unbranched alkanes of at least 4 members (excludes halogenated alkanes) is 3. The maximum Gasteiger partial charge on any atom is 3.00 e. The Morgan fingerprint density at radius 3 is 1.48 bits per heavy atom. The minimum atomic E-state index is 0. The molecule has 0 aliphatic carbocycles. The number of hydrogen-bond donors (Lipinski definition) is 1. The van der Waals surface area contributed by atoms with Gasteiger partial charge in [0.05, 0.1) is 0 Å². The first kappa shape index (κ1) is 31.4. The Hall–Kier alpha value is -0.336. The molecule has 2 rings (SSSR count). The monoisotopic (exact) mass is 445 g/mol. The van der Waals surface area contributed by atoms with Crippen LogP contribution in [0.15, 0.2) is 42.5 Å². The molecule has 1 radical (unpaired) electrons. The first-order valence-electron chi connectivity index (χ1n) is 9.73. The van der Waals surface area contributed by atoms with E-state index in [1.807, 2.05) is 30.3 Å². The minimum Gasteiger partial charge on any atom is -1.00 e. The van der Waals surface area contributed by atoms with Gasteiger partial charge in [-0.15, -0.1) is 0 Å². The van der Waals surface area contributed by atoms with Crippen molar-refractivity contribution in [3.05, 3.63) is 59.2 Å². The summed E-state index contributed by atoms with van der Waals surface area (Å²) in [6.07, 6.45) is 10.3. The quantitative estimate of drug-likeness (QED) is 0.447. The molecule has 2 aromatic rings. The van der Waals surface area contributed by atoms with E-state index in [2.05, 4.69) is 32.9 Å². The number of halogens is 2. The summed E-state index contributed by atoms with van der Waals surface area (Å²) >= 11 is 0. The van der Waals surface area contributed by atoms with Crippen molar-refractivity contribution in [2.45, 2.75) is 78.6 Å². The standard InChI is InChI=1S/C18H30O.C5H5.2ClH.Ti/c1-4-7-10-15-13-16(11-8-5-2)18(19)17(14-15)12-9-6-3;1-2-4-5-3-1;;;/h13-14,19H,4-12H2,1-3H3;1-5H;2*1H;/q;-1;;;+3/p-2. The zero-order valence-corrected chi connectivity index (χ0v) is 20.2. The van der Waals surface area contributed by atoms with Crippen LogP contribution < -0.4 is 24.8 Å². The van der Waals surface area contributed by atoms with Crippen LogP contribution in [0.1, 0.15) is 76.0 Å². The first-order chi connectivity index (χ1) is 11.7. The molecule has 0 aliphatic rings. The third kappa shape index (κ3) is 13.5. The molecule has 0 spiro atoms. The molecule has 0 bridgehead atoms. The van der Waals surface area contributed by atoms with E-state index in [1.165, 1.54) is 42.4 Å². The number of aromatic hydroxyl groups is 1. The fourth-order valence-electron chi connectivity index (χ4n) is 2.79. The van der Waals surface area contributed by atoms with Crippen molar-refractivity contribution in [2.24, 2.45) is 0 Å². The van der Waals surface area contributed by atoms with Crippen molar-refractivity contribution in [3.63, 3.8) is 0 Å². The number of aryl methyl sites for hydroxylation is 3. The molecule has 151 valence electrons. The van der Waals surface area contributed by atoms with Crippen LogP contribution in [0.25, 0.3) is 0 Å². The Kier molecular flexibility index (Phi) is 23.7. The van der Waals surface area contributed by atoms with Gasteiger partial charge in [-0.3, -0.25) is 0 Å². The molecule has 0 unspecified atom stereocenters. The summed E-state index contributed by atoms with van der Waals surface area (Å²) in [6, 6.07) is 14.5. The van der Waals surface area contributed by atoms with Gasteiger partial charge in [0, 0.05) is 0 Å². The van der Waals surface area contributed by atoms with E-state index in [9.17, 15) is 5.11 Å². The molecule has 0 aromatic heterocycles. The van der Waals surface area contributed by atoms with E-state index in [-0.39, 0.29) is 46.5 Å². The van der Waals surface area contributed by atoms with Crippen LogP contribution in [0.2, 0.25) is 0 Å². The summed E-state index contributed by atoms with van der Waals surface area (Å²) in [7, 11) is 0. The van der Waals surface area contributed by atoms with Crippen molar-refractivity contribution in [1.29, 1.82) is 0 Å². The zero-order chi connectivity index (χ0) is 17.6. The molecular formula is C23H35Cl2OTi. The maximum atomic E-state index is 10.4. The molecule has 0 amide bonds. The largest absolute Gasteiger partial charge is 3.00 e. The summed E-state index contributed by atoms with van der Waals surface area (Å²) in [5.41, 5.74) is 3.75. The molecule has 0 aliphatic heterocycles. The topological polar surface area (TPSA) is 20.2 Å². The Bertz CT molecular complexity index is 495. The van der Waals surface area contributed by atoms with Gasteiger partial charge in [-0.25, -0.2) is 12.1 Å². The van der Waals surface area contributed by atoms with Crippen LogP contribution in [-0.2, 0) is 41.0 Å². The summed E-state index contributed by atoms with van der Waals surface area (Å²) in [5.74, 6) is 0.571. The Morgan fingerprint density at radius 2 is 1.15 bits per heavy atom. The summed E-state index contributed by atoms with van der Waals surface area (Å²) in [4.78, 5) is 0. The molecule has 0 atom stereocenters. The Labute approximate surface area is 194 Å². The molecule has 0 saturated heterocycles. The van der Waals surface area contributed by atoms with Crippen molar-refractivity contribution in [2.75, 3.05) is 0 Å². The van der Waals surface area contributed by atoms with Crippen LogP contribution in [0.3, 0.4) is 0 Å². The van der Waals surface area contributed by atoms with Crippen LogP contribution >= 0.6 is 0 Å². The second-order valence-electron chi connectivity index (χ2n) is 6.54. The first-order valence-corrected chi connectivity index (χ1v) is 9.73. The van der Waals surface area contributed by atoms with Gasteiger partial charge in [-0.1, -0.05) is 52.2 Å². The Morgan fingerprint density at radius 1 is 0.741 bits per heavy atom. The van der Waals surface area contributed by atoms with Gasteiger partial charge in [-0.2, -0.15) is 18.2 Å². The second kappa shape index (κ2) is 20.4. The van der Waals surface area contributed by atoms with Gasteiger partial charge in [0.1, 0.15) is 5.75 Å². The normalized spacial score (nSPS) is 9.15. The average molecular weight is 446 g/mol. The molecular weight excluding hydrogens is 411 g/mol. The van der Waals surface area contributed by atoms with E-state index >= 15 is 0 Å². The summed E-state index contributed by atoms with van der Waals surface area (Å²) < 4.78 is 0. The molecule has 4 heteroatoms. The van der Waals surface area contributed by atoms with E-state index in [1.54, 1.807) is 0 Å². The van der Waals surface area contributed by atoms with Gasteiger partial charge < -0.3 is 29.9 Å². The summed E-state index contributed by atoms with van der Waals surface area (Å²) in [6.45, 7) is 6.64. The predicted molar refractivity (Wildman–Crippen MR) is 106 cm³/mol. The molecule has 27 heavy (non-hydrogen) atoms. The smallest absolute Gasteiger partial charge is 1.00 e. The average Bonchev–Trinajstić information content (AvgIpc) is 3.18. The molecule has 1 nitrogen and oxygen atoms in total. The third-order valence-corrected chi connectivity index (χ3v) is 4.30. The number of hydrogen-bond acceptors (Lipinski definition) is 1. The number of rotatable bonds is 9. The van der Waals surface area contributed by atoms with Crippen LogP contribution in [-0.4, -0.2) is 5.11 Å². The molecule has 2 aromatic carbocycles. The zero-order valence-electron chi connectivity index (χ0n) is 17.1. The van der Waals surface area contributed by atoms with Gasteiger partial charge in [0.25, 0.3) is 0 Å². The fourth-order valence-corrected chi connectivity index (χ4v) is 2.79. The molecule has 0 heterocycles. The maximum absolute atomic E-state index is 10.4. The SMILES string of the molecule is CCCCc1cc(CCCC)c(O)c(CCCC)c1.[Cl-].[Cl-].[Ti+3].c1cc[cH-]c1. The predicted octanol–water partition coefficient (Wildman–Crippen LogP) is 0.831. The molecule has 0 saturated carbocycles. The second-order valence-corrected chi connectivity index (χ2v) is 6.54. The van der Waals surface area contributed by atoms with Crippen molar-refractivity contribution < 1.29 is 51.6 Å². The number of phenolic OH excluding ortho intramolecular Hbond substituents is 1. The summed E-state index contributed by atoms with van der Waals surface area (Å²) in [5, 5.41) is 10.4. The van der Waals surface area contributed by atoms with Crippen LogP contribution in [0, 0.1) is 0 Å². The van der Waals surface area contributed by atoms with Crippen molar-refractivity contribution in [1.82, 2.24) is 0 Å².